The molecule has 0 bridgehead atoms. The predicted octanol–water partition coefficient (Wildman–Crippen LogP) is 3.64. The van der Waals surface area contributed by atoms with Crippen LogP contribution in [0.15, 0.2) is 48.5 Å². The van der Waals surface area contributed by atoms with Crippen LogP contribution < -0.4 is 10.1 Å². The molecular weight excluding hydrogens is 296 g/mol. The lowest BCUT2D eigenvalue weighted by molar-refractivity contribution is 0.241. The Morgan fingerprint density at radius 1 is 0.958 bits per heavy atom. The lowest BCUT2D eigenvalue weighted by Gasteiger charge is -2.31. The van der Waals surface area contributed by atoms with Gasteiger partial charge in [0, 0.05) is 19.6 Å². The number of hydrogen-bond acceptors (Lipinski definition) is 3. The van der Waals surface area contributed by atoms with Gasteiger partial charge in [-0.1, -0.05) is 43.3 Å². The zero-order chi connectivity index (χ0) is 16.8. The summed E-state index contributed by atoms with van der Waals surface area (Å²) in [5, 5.41) is 3.51. The van der Waals surface area contributed by atoms with Gasteiger partial charge in [0.05, 0.1) is 13.2 Å². The molecule has 0 radical (unpaired) electrons. The lowest BCUT2D eigenvalue weighted by Crippen LogP contribution is -2.33. The van der Waals surface area contributed by atoms with Gasteiger partial charge in [-0.05, 0) is 48.2 Å². The molecule has 1 fully saturated rings. The molecule has 0 spiro atoms. The molecule has 0 aliphatic carbocycles. The average Bonchev–Trinajstić information content (AvgIpc) is 2.92. The van der Waals surface area contributed by atoms with E-state index in [1.54, 1.807) is 7.11 Å². The molecule has 3 heteroatoms. The summed E-state index contributed by atoms with van der Waals surface area (Å²) in [5.41, 5.74) is 4.10. The molecule has 3 rings (SSSR count). The van der Waals surface area contributed by atoms with Gasteiger partial charge in [-0.2, -0.15) is 0 Å². The van der Waals surface area contributed by atoms with Crippen molar-refractivity contribution in [2.45, 2.75) is 25.8 Å². The third kappa shape index (κ3) is 3.97. The summed E-state index contributed by atoms with van der Waals surface area (Å²) in [7, 11) is 1.72. The molecular formula is C21H28N2O. The monoisotopic (exact) mass is 324 g/mol. The van der Waals surface area contributed by atoms with Crippen molar-refractivity contribution in [2.24, 2.45) is 0 Å². The highest BCUT2D eigenvalue weighted by atomic mass is 16.5. The van der Waals surface area contributed by atoms with E-state index >= 15 is 0 Å². The van der Waals surface area contributed by atoms with E-state index in [4.69, 9.17) is 4.74 Å². The average molecular weight is 324 g/mol. The van der Waals surface area contributed by atoms with Crippen molar-refractivity contribution in [1.82, 2.24) is 10.2 Å². The second kappa shape index (κ2) is 8.32. The van der Waals surface area contributed by atoms with Crippen LogP contribution in [-0.4, -0.2) is 38.2 Å². The minimum Gasteiger partial charge on any atom is -0.497 e. The van der Waals surface area contributed by atoms with Gasteiger partial charge < -0.3 is 10.1 Å². The number of nitrogens with zero attached hydrogens (tertiary/aromatic N) is 1. The van der Waals surface area contributed by atoms with Crippen molar-refractivity contribution in [3.05, 3.63) is 65.2 Å². The lowest BCUT2D eigenvalue weighted by atomic mass is 9.95. The maximum Gasteiger partial charge on any atom is 0.118 e. The van der Waals surface area contributed by atoms with Crippen LogP contribution in [0.1, 0.15) is 36.1 Å². The van der Waals surface area contributed by atoms with E-state index in [9.17, 15) is 0 Å². The number of hydrogen-bond donors (Lipinski definition) is 1. The molecule has 1 aliphatic heterocycles. The second-order valence-corrected chi connectivity index (χ2v) is 6.41. The Bertz CT molecular complexity index is 566. The van der Waals surface area contributed by atoms with Crippen molar-refractivity contribution < 1.29 is 4.74 Å². The van der Waals surface area contributed by atoms with Gasteiger partial charge in [-0.15, -0.1) is 0 Å². The molecule has 0 saturated carbocycles. The Labute approximate surface area is 145 Å². The zero-order valence-electron chi connectivity index (χ0n) is 14.8. The normalized spacial score (nSPS) is 17.2. The third-order valence-electron chi connectivity index (χ3n) is 4.88. The maximum atomic E-state index is 5.33. The number of rotatable bonds is 5. The van der Waals surface area contributed by atoms with Crippen LogP contribution >= 0.6 is 0 Å². The Morgan fingerprint density at radius 3 is 2.25 bits per heavy atom. The summed E-state index contributed by atoms with van der Waals surface area (Å²) < 4.78 is 5.33. The van der Waals surface area contributed by atoms with Crippen LogP contribution in [0.4, 0.5) is 0 Å². The van der Waals surface area contributed by atoms with Crippen LogP contribution in [0.2, 0.25) is 0 Å². The van der Waals surface area contributed by atoms with Crippen molar-refractivity contribution in [2.75, 3.05) is 33.3 Å². The molecule has 1 atom stereocenters. The minimum atomic E-state index is 0.307. The van der Waals surface area contributed by atoms with Crippen LogP contribution in [0.25, 0.3) is 0 Å². The van der Waals surface area contributed by atoms with E-state index in [2.05, 4.69) is 65.7 Å². The number of benzene rings is 2. The maximum absolute atomic E-state index is 5.33. The molecule has 3 nitrogen and oxygen atoms in total. The molecule has 0 aromatic heterocycles. The van der Waals surface area contributed by atoms with Gasteiger partial charge >= 0.3 is 0 Å². The predicted molar refractivity (Wildman–Crippen MR) is 99.7 cm³/mol. The van der Waals surface area contributed by atoms with Crippen LogP contribution in [0, 0.1) is 0 Å². The summed E-state index contributed by atoms with van der Waals surface area (Å²) in [6.45, 7) is 6.57. The third-order valence-corrected chi connectivity index (χ3v) is 4.88. The van der Waals surface area contributed by atoms with E-state index < -0.39 is 0 Å². The Balaban J connectivity index is 1.94. The fourth-order valence-electron chi connectivity index (χ4n) is 3.46. The van der Waals surface area contributed by atoms with Gasteiger partial charge in [0.1, 0.15) is 5.75 Å². The van der Waals surface area contributed by atoms with Gasteiger partial charge in [0.2, 0.25) is 0 Å². The number of nitrogens with one attached hydrogen (secondary N) is 1. The van der Waals surface area contributed by atoms with Crippen molar-refractivity contribution in [3.8, 4) is 5.75 Å². The molecule has 2 aromatic rings. The fourth-order valence-corrected chi connectivity index (χ4v) is 3.46. The van der Waals surface area contributed by atoms with Gasteiger partial charge in [0.25, 0.3) is 0 Å². The number of ether oxygens (including phenoxy) is 1. The van der Waals surface area contributed by atoms with E-state index in [1.807, 2.05) is 0 Å². The fraction of sp³-hybridized carbons (Fsp3) is 0.429. The SMILES string of the molecule is CCc1ccc(C(c2ccc(OC)cc2)N2CCCNCC2)cc1. The molecule has 1 heterocycles. The summed E-state index contributed by atoms with van der Waals surface area (Å²) in [5.74, 6) is 0.913. The van der Waals surface area contributed by atoms with Crippen LogP contribution in [0.5, 0.6) is 5.75 Å². The molecule has 1 saturated heterocycles. The first-order valence-corrected chi connectivity index (χ1v) is 8.99. The quantitative estimate of drug-likeness (QED) is 0.909. The van der Waals surface area contributed by atoms with Crippen molar-refractivity contribution >= 4 is 0 Å². The largest absolute Gasteiger partial charge is 0.497 e. The Kier molecular flexibility index (Phi) is 5.89. The van der Waals surface area contributed by atoms with E-state index in [0.717, 1.165) is 38.3 Å². The summed E-state index contributed by atoms with van der Waals surface area (Å²) in [4.78, 5) is 2.60. The molecule has 1 N–H and O–H groups in total. The number of aryl methyl sites for hydroxylation is 1. The van der Waals surface area contributed by atoms with E-state index in [-0.39, 0.29) is 0 Å². The Hall–Kier alpha value is -1.84. The summed E-state index contributed by atoms with van der Waals surface area (Å²) >= 11 is 0. The van der Waals surface area contributed by atoms with Crippen LogP contribution in [-0.2, 0) is 6.42 Å². The molecule has 1 unspecified atom stereocenters. The highest BCUT2D eigenvalue weighted by Crippen LogP contribution is 2.30. The van der Waals surface area contributed by atoms with Crippen molar-refractivity contribution in [3.63, 3.8) is 0 Å². The smallest absolute Gasteiger partial charge is 0.118 e. The molecule has 128 valence electrons. The first-order valence-electron chi connectivity index (χ1n) is 8.99. The van der Waals surface area contributed by atoms with Gasteiger partial charge in [-0.3, -0.25) is 4.90 Å². The van der Waals surface area contributed by atoms with Gasteiger partial charge in [-0.25, -0.2) is 0 Å². The second-order valence-electron chi connectivity index (χ2n) is 6.41. The zero-order valence-corrected chi connectivity index (χ0v) is 14.8. The molecule has 2 aromatic carbocycles. The topological polar surface area (TPSA) is 24.5 Å². The highest BCUT2D eigenvalue weighted by molar-refractivity contribution is 5.36. The van der Waals surface area contributed by atoms with E-state index in [0.29, 0.717) is 6.04 Å². The molecule has 0 amide bonds. The van der Waals surface area contributed by atoms with E-state index in [1.165, 1.54) is 23.1 Å². The summed E-state index contributed by atoms with van der Waals surface area (Å²) in [6.07, 6.45) is 2.28. The molecule has 1 aliphatic rings. The first kappa shape index (κ1) is 17.0. The highest BCUT2D eigenvalue weighted by Gasteiger charge is 2.23. The standard InChI is InChI=1S/C21H28N2O/c1-3-17-5-7-18(8-6-17)21(23-15-4-13-22-14-16-23)19-9-11-20(24-2)12-10-19/h5-12,21-22H,3-4,13-16H2,1-2H3. The minimum absolute atomic E-state index is 0.307. The van der Waals surface area contributed by atoms with Gasteiger partial charge in [0.15, 0.2) is 0 Å². The number of methoxy groups -OCH3 is 1. The van der Waals surface area contributed by atoms with Crippen LogP contribution in [0.3, 0.4) is 0 Å². The van der Waals surface area contributed by atoms with Crippen molar-refractivity contribution in [1.29, 1.82) is 0 Å². The Morgan fingerprint density at radius 2 is 1.62 bits per heavy atom. The first-order chi connectivity index (χ1) is 11.8. The molecule has 24 heavy (non-hydrogen) atoms. The summed E-state index contributed by atoms with van der Waals surface area (Å²) in [6, 6.07) is 18.0.